The van der Waals surface area contributed by atoms with Crippen molar-refractivity contribution in [2.45, 2.75) is 13.0 Å². The third-order valence-electron chi connectivity index (χ3n) is 2.28. The Balaban J connectivity index is 1.90. The molecule has 0 unspecified atom stereocenters. The zero-order valence-corrected chi connectivity index (χ0v) is 8.82. The van der Waals surface area contributed by atoms with Gasteiger partial charge in [0.1, 0.15) is 5.82 Å². The van der Waals surface area contributed by atoms with Crippen molar-refractivity contribution in [3.05, 3.63) is 29.6 Å². The Morgan fingerprint density at radius 3 is 2.88 bits per heavy atom. The number of halogens is 1. The maximum atomic E-state index is 12.9. The Labute approximate surface area is 93.7 Å². The van der Waals surface area contributed by atoms with Crippen LogP contribution in [0.5, 0.6) is 0 Å². The topological polar surface area (TPSA) is 53.7 Å². The number of nitrogens with two attached hydrogens (primary N) is 1. The first kappa shape index (κ1) is 11.4. The molecule has 0 atom stereocenters. The number of nitrogen functional groups attached to an aromatic ring is 1. The molecule has 0 aliphatic carbocycles. The van der Waals surface area contributed by atoms with E-state index in [-0.39, 0.29) is 12.4 Å². The summed E-state index contributed by atoms with van der Waals surface area (Å²) in [6.45, 7) is 1.40. The van der Waals surface area contributed by atoms with Crippen LogP contribution in [-0.2, 0) is 20.6 Å². The zero-order valence-electron chi connectivity index (χ0n) is 8.82. The molecule has 1 heterocycles. The van der Waals surface area contributed by atoms with Crippen molar-refractivity contribution in [2.75, 3.05) is 18.9 Å². The van der Waals surface area contributed by atoms with Crippen molar-refractivity contribution in [2.24, 2.45) is 0 Å². The van der Waals surface area contributed by atoms with Crippen LogP contribution in [0.15, 0.2) is 18.2 Å². The molecule has 0 saturated carbocycles. The highest BCUT2D eigenvalue weighted by Gasteiger charge is 2.24. The summed E-state index contributed by atoms with van der Waals surface area (Å²) in [6.07, 6.45) is 0.863. The van der Waals surface area contributed by atoms with E-state index in [4.69, 9.17) is 19.7 Å². The Bertz CT molecular complexity index is 358. The Morgan fingerprint density at radius 2 is 2.12 bits per heavy atom. The SMILES string of the molecule is Nc1ccc(F)cc1COB1OCCCO1. The van der Waals surface area contributed by atoms with Crippen molar-refractivity contribution in [3.63, 3.8) is 0 Å². The lowest BCUT2D eigenvalue weighted by Crippen LogP contribution is -2.32. The molecule has 6 heteroatoms. The molecular weight excluding hydrogens is 212 g/mol. The monoisotopic (exact) mass is 225 g/mol. The van der Waals surface area contributed by atoms with E-state index in [1.165, 1.54) is 18.2 Å². The fraction of sp³-hybridized carbons (Fsp3) is 0.400. The van der Waals surface area contributed by atoms with E-state index < -0.39 is 7.32 Å². The van der Waals surface area contributed by atoms with Gasteiger partial charge in [-0.1, -0.05) is 0 Å². The molecule has 0 amide bonds. The molecule has 1 aromatic rings. The molecule has 16 heavy (non-hydrogen) atoms. The lowest BCUT2D eigenvalue weighted by atomic mass is 10.1. The van der Waals surface area contributed by atoms with Gasteiger partial charge in [0, 0.05) is 24.5 Å². The third-order valence-corrected chi connectivity index (χ3v) is 2.28. The van der Waals surface area contributed by atoms with Crippen molar-refractivity contribution >= 4 is 13.0 Å². The van der Waals surface area contributed by atoms with Gasteiger partial charge in [0.15, 0.2) is 0 Å². The van der Waals surface area contributed by atoms with Gasteiger partial charge in [0.05, 0.1) is 6.61 Å². The second kappa shape index (κ2) is 5.29. The molecule has 0 bridgehead atoms. The average molecular weight is 225 g/mol. The van der Waals surface area contributed by atoms with Crippen LogP contribution >= 0.6 is 0 Å². The summed E-state index contributed by atoms with van der Waals surface area (Å²) in [7, 11) is -0.670. The number of anilines is 1. The number of benzene rings is 1. The third kappa shape index (κ3) is 2.94. The Morgan fingerprint density at radius 1 is 1.38 bits per heavy atom. The van der Waals surface area contributed by atoms with Crippen LogP contribution in [0, 0.1) is 5.82 Å². The smallest absolute Gasteiger partial charge is 0.398 e. The molecule has 1 aliphatic heterocycles. The van der Waals surface area contributed by atoms with Gasteiger partial charge in [-0.05, 0) is 24.6 Å². The van der Waals surface area contributed by atoms with Crippen LogP contribution in [0.4, 0.5) is 10.1 Å². The Kier molecular flexibility index (Phi) is 3.76. The minimum atomic E-state index is -0.670. The maximum absolute atomic E-state index is 12.9. The minimum absolute atomic E-state index is 0.175. The summed E-state index contributed by atoms with van der Waals surface area (Å²) in [6, 6.07) is 4.17. The van der Waals surface area contributed by atoms with Crippen LogP contribution in [-0.4, -0.2) is 20.5 Å². The van der Waals surface area contributed by atoms with Gasteiger partial charge in [-0.3, -0.25) is 0 Å². The molecule has 2 N–H and O–H groups in total. The quantitative estimate of drug-likeness (QED) is 0.623. The predicted octanol–water partition coefficient (Wildman–Crippen LogP) is 1.35. The number of hydrogen-bond donors (Lipinski definition) is 1. The molecule has 1 aliphatic rings. The lowest BCUT2D eigenvalue weighted by Gasteiger charge is -2.19. The molecule has 4 nitrogen and oxygen atoms in total. The van der Waals surface area contributed by atoms with E-state index in [0.29, 0.717) is 24.5 Å². The van der Waals surface area contributed by atoms with E-state index in [9.17, 15) is 4.39 Å². The second-order valence-corrected chi connectivity index (χ2v) is 3.54. The first-order chi connectivity index (χ1) is 7.75. The fourth-order valence-electron chi connectivity index (χ4n) is 1.42. The fourth-order valence-corrected chi connectivity index (χ4v) is 1.42. The van der Waals surface area contributed by atoms with Crippen molar-refractivity contribution in [1.29, 1.82) is 0 Å². The highest BCUT2D eigenvalue weighted by Crippen LogP contribution is 2.15. The van der Waals surface area contributed by atoms with E-state index >= 15 is 0 Å². The minimum Gasteiger partial charge on any atom is -0.398 e. The van der Waals surface area contributed by atoms with Gasteiger partial charge in [-0.15, -0.1) is 0 Å². The molecule has 86 valence electrons. The molecule has 1 saturated heterocycles. The van der Waals surface area contributed by atoms with Crippen LogP contribution in [0.2, 0.25) is 0 Å². The summed E-state index contributed by atoms with van der Waals surface area (Å²) in [4.78, 5) is 0. The molecule has 0 radical (unpaired) electrons. The molecule has 1 fully saturated rings. The van der Waals surface area contributed by atoms with Crippen molar-refractivity contribution < 1.29 is 18.4 Å². The summed E-state index contributed by atoms with van der Waals surface area (Å²) >= 11 is 0. The van der Waals surface area contributed by atoms with E-state index in [1.54, 1.807) is 0 Å². The van der Waals surface area contributed by atoms with Gasteiger partial charge in [0.25, 0.3) is 0 Å². The van der Waals surface area contributed by atoms with E-state index in [2.05, 4.69) is 0 Å². The normalized spacial score (nSPS) is 16.4. The molecule has 0 aromatic heterocycles. The zero-order chi connectivity index (χ0) is 11.4. The summed E-state index contributed by atoms with van der Waals surface area (Å²) in [5.74, 6) is -0.335. The van der Waals surface area contributed by atoms with Crippen LogP contribution in [0.3, 0.4) is 0 Å². The van der Waals surface area contributed by atoms with E-state index in [1.807, 2.05) is 0 Å². The first-order valence-corrected chi connectivity index (χ1v) is 5.14. The lowest BCUT2D eigenvalue weighted by molar-refractivity contribution is 0.0488. The Hall–Kier alpha value is -1.11. The van der Waals surface area contributed by atoms with Gasteiger partial charge in [-0.2, -0.15) is 0 Å². The molecule has 1 aromatic carbocycles. The molecule has 2 rings (SSSR count). The summed E-state index contributed by atoms with van der Waals surface area (Å²) in [5, 5.41) is 0. The first-order valence-electron chi connectivity index (χ1n) is 5.14. The summed E-state index contributed by atoms with van der Waals surface area (Å²) < 4.78 is 28.6. The van der Waals surface area contributed by atoms with Gasteiger partial charge in [0.2, 0.25) is 0 Å². The van der Waals surface area contributed by atoms with Gasteiger partial charge < -0.3 is 19.7 Å². The molecular formula is C10H13BFNO3. The largest absolute Gasteiger partial charge is 0.639 e. The maximum Gasteiger partial charge on any atom is 0.639 e. The molecule has 0 spiro atoms. The van der Waals surface area contributed by atoms with Crippen LogP contribution in [0.1, 0.15) is 12.0 Å². The van der Waals surface area contributed by atoms with Crippen molar-refractivity contribution in [3.8, 4) is 0 Å². The second-order valence-electron chi connectivity index (χ2n) is 3.54. The van der Waals surface area contributed by atoms with Gasteiger partial charge >= 0.3 is 7.32 Å². The highest BCUT2D eigenvalue weighted by molar-refractivity contribution is 6.36. The van der Waals surface area contributed by atoms with Crippen LogP contribution in [0.25, 0.3) is 0 Å². The number of rotatable bonds is 3. The van der Waals surface area contributed by atoms with Crippen LogP contribution < -0.4 is 5.73 Å². The highest BCUT2D eigenvalue weighted by atomic mass is 19.1. The summed E-state index contributed by atoms with van der Waals surface area (Å²) in [5.41, 5.74) is 6.77. The van der Waals surface area contributed by atoms with Crippen molar-refractivity contribution in [1.82, 2.24) is 0 Å². The number of hydrogen-bond acceptors (Lipinski definition) is 4. The van der Waals surface area contributed by atoms with E-state index in [0.717, 1.165) is 6.42 Å². The predicted molar refractivity (Wildman–Crippen MR) is 57.9 cm³/mol. The average Bonchev–Trinajstić information content (AvgIpc) is 2.32. The standard InChI is InChI=1S/C10H13BFNO3/c12-9-2-3-10(13)8(6-9)7-16-11-14-4-1-5-15-11/h2-3,6H,1,4-5,7,13H2. The van der Waals surface area contributed by atoms with Gasteiger partial charge in [-0.25, -0.2) is 4.39 Å².